The van der Waals surface area contributed by atoms with Gasteiger partial charge >= 0.3 is 0 Å². The predicted molar refractivity (Wildman–Crippen MR) is 247 cm³/mol. The molecule has 8 atom stereocenters. The zero-order valence-electron chi connectivity index (χ0n) is 38.7. The summed E-state index contributed by atoms with van der Waals surface area (Å²) in [5, 5.41) is 0. The molecule has 58 heavy (non-hydrogen) atoms. The van der Waals surface area contributed by atoms with Gasteiger partial charge in [-0.25, -0.2) is 0 Å². The number of fused-ring (bicyclic) bond motifs is 1. The van der Waals surface area contributed by atoms with Gasteiger partial charge in [0.2, 0.25) is 0 Å². The lowest BCUT2D eigenvalue weighted by molar-refractivity contribution is -0.233. The van der Waals surface area contributed by atoms with Crippen molar-refractivity contribution >= 4 is 0 Å². The zero-order valence-corrected chi connectivity index (χ0v) is 38.7. The minimum atomic E-state index is 1.09. The fourth-order valence-corrected chi connectivity index (χ4v) is 20.8. The standard InChI is InChI=1S/C58H98/c1-9-25-41(26-10-1)49-50(42-27-11-2-12-28-42)54(46-35-19-6-20-36-46)58-56(48-39-23-8-24-40-48)52(44-31-15-4-16-32-44)51(43-29-13-3-14-30-43)55(47-37-21-7-22-38-47)57(58)53(49)45-33-17-5-18-34-45/h41-58H,1-40H2. The van der Waals surface area contributed by atoms with Gasteiger partial charge < -0.3 is 0 Å². The van der Waals surface area contributed by atoms with Crippen LogP contribution in [0.5, 0.6) is 0 Å². The Bertz CT molecular complexity index is 998. The van der Waals surface area contributed by atoms with Crippen LogP contribution >= 0.6 is 0 Å². The second kappa shape index (κ2) is 20.2. The lowest BCUT2D eigenvalue weighted by Gasteiger charge is -2.71. The molecule has 0 aromatic carbocycles. The van der Waals surface area contributed by atoms with Crippen molar-refractivity contribution in [1.82, 2.24) is 0 Å². The molecule has 0 bridgehead atoms. The summed E-state index contributed by atoms with van der Waals surface area (Å²) in [7, 11) is 0. The smallest absolute Gasteiger partial charge is 0.0312 e. The van der Waals surface area contributed by atoms with E-state index in [4.69, 9.17) is 0 Å². The SMILES string of the molecule is C1CCC(C2C(C3CCCCC3)C(C3CCCCC3)C3C(C4CCCCC4)C(C4CCCCC4)C(C4CCCCC4)C(C4CCCCC4)C3C2C2CCCCC2)CC1. The van der Waals surface area contributed by atoms with E-state index in [0.717, 1.165) is 107 Å². The van der Waals surface area contributed by atoms with Crippen LogP contribution in [0.15, 0.2) is 0 Å². The van der Waals surface area contributed by atoms with Crippen LogP contribution in [0.2, 0.25) is 0 Å². The summed E-state index contributed by atoms with van der Waals surface area (Å²) in [6, 6.07) is 0. The Labute approximate surface area is 361 Å². The lowest BCUT2D eigenvalue weighted by atomic mass is 9.34. The van der Waals surface area contributed by atoms with Gasteiger partial charge in [-0.3, -0.25) is 0 Å². The van der Waals surface area contributed by atoms with Gasteiger partial charge in [0.25, 0.3) is 0 Å². The highest BCUT2D eigenvalue weighted by Crippen LogP contribution is 2.72. The molecule has 0 heteroatoms. The quantitative estimate of drug-likeness (QED) is 0.230. The van der Waals surface area contributed by atoms with Gasteiger partial charge in [-0.15, -0.1) is 0 Å². The van der Waals surface area contributed by atoms with Gasteiger partial charge in [-0.2, -0.15) is 0 Å². The summed E-state index contributed by atoms with van der Waals surface area (Å²) in [5.41, 5.74) is 0. The summed E-state index contributed by atoms with van der Waals surface area (Å²) in [6.45, 7) is 0. The molecule has 0 aliphatic heterocycles. The molecular formula is C58H98. The molecule has 10 fully saturated rings. The summed E-state index contributed by atoms with van der Waals surface area (Å²) >= 11 is 0. The Hall–Kier alpha value is 0. The van der Waals surface area contributed by atoms with E-state index in [9.17, 15) is 0 Å². The van der Waals surface area contributed by atoms with Gasteiger partial charge in [-0.1, -0.05) is 257 Å². The lowest BCUT2D eigenvalue weighted by Crippen LogP contribution is -2.66. The van der Waals surface area contributed by atoms with Crippen LogP contribution in [0.4, 0.5) is 0 Å². The number of rotatable bonds is 8. The van der Waals surface area contributed by atoms with E-state index in [1.54, 1.807) is 257 Å². The summed E-state index contributed by atoms with van der Waals surface area (Å²) in [5.74, 6) is 19.8. The van der Waals surface area contributed by atoms with Gasteiger partial charge in [-0.05, 0) is 107 Å². The topological polar surface area (TPSA) is 0 Å². The molecule has 10 aliphatic rings. The molecule has 0 nitrogen and oxygen atoms in total. The second-order valence-electron chi connectivity index (χ2n) is 25.0. The first-order chi connectivity index (χ1) is 28.9. The fraction of sp³-hybridized carbons (Fsp3) is 1.00. The molecule has 0 N–H and O–H groups in total. The molecule has 0 spiro atoms. The van der Waals surface area contributed by atoms with Crippen LogP contribution in [-0.2, 0) is 0 Å². The molecule has 8 unspecified atom stereocenters. The molecule has 0 aromatic rings. The van der Waals surface area contributed by atoms with Crippen LogP contribution in [0.25, 0.3) is 0 Å². The van der Waals surface area contributed by atoms with Gasteiger partial charge in [0, 0.05) is 0 Å². The maximum Gasteiger partial charge on any atom is -0.0312 e. The highest BCUT2D eigenvalue weighted by molar-refractivity contribution is 5.15. The van der Waals surface area contributed by atoms with Crippen LogP contribution < -0.4 is 0 Å². The van der Waals surface area contributed by atoms with Crippen molar-refractivity contribution in [2.45, 2.75) is 257 Å². The molecule has 10 saturated carbocycles. The minimum absolute atomic E-state index is 1.09. The zero-order chi connectivity index (χ0) is 38.7. The highest BCUT2D eigenvalue weighted by Gasteiger charge is 2.67. The van der Waals surface area contributed by atoms with Crippen molar-refractivity contribution in [3.8, 4) is 0 Å². The van der Waals surface area contributed by atoms with Gasteiger partial charge in [0.05, 0.1) is 0 Å². The van der Waals surface area contributed by atoms with Crippen molar-refractivity contribution in [3.05, 3.63) is 0 Å². The summed E-state index contributed by atoms with van der Waals surface area (Å²) < 4.78 is 0. The van der Waals surface area contributed by atoms with E-state index in [1.807, 2.05) is 0 Å². The van der Waals surface area contributed by atoms with Crippen LogP contribution in [-0.4, -0.2) is 0 Å². The molecule has 0 aromatic heterocycles. The molecular weight excluding hydrogens is 697 g/mol. The molecule has 0 saturated heterocycles. The van der Waals surface area contributed by atoms with E-state index >= 15 is 0 Å². The summed E-state index contributed by atoms with van der Waals surface area (Å²) in [6.07, 6.45) is 64.2. The predicted octanol–water partition coefficient (Wildman–Crippen LogP) is 17.8. The van der Waals surface area contributed by atoms with Gasteiger partial charge in [0.15, 0.2) is 0 Å². The Morgan fingerprint density at radius 1 is 0.103 bits per heavy atom. The van der Waals surface area contributed by atoms with E-state index in [1.165, 1.54) is 0 Å². The molecule has 0 radical (unpaired) electrons. The Morgan fingerprint density at radius 3 is 0.328 bits per heavy atom. The third-order valence-electron chi connectivity index (χ3n) is 22.4. The average Bonchev–Trinajstić information content (AvgIpc) is 3.32. The first-order valence-corrected chi connectivity index (χ1v) is 28.9. The number of hydrogen-bond donors (Lipinski definition) is 0. The normalized spacial score (nSPS) is 42.6. The highest BCUT2D eigenvalue weighted by atomic mass is 14.7. The molecule has 10 rings (SSSR count). The minimum Gasteiger partial charge on any atom is -0.0533 e. The van der Waals surface area contributed by atoms with Crippen LogP contribution in [0.3, 0.4) is 0 Å². The van der Waals surface area contributed by atoms with Crippen molar-refractivity contribution in [1.29, 1.82) is 0 Å². The first-order valence-electron chi connectivity index (χ1n) is 28.9. The third-order valence-corrected chi connectivity index (χ3v) is 22.4. The Kier molecular flexibility index (Phi) is 14.6. The molecule has 0 amide bonds. The second-order valence-corrected chi connectivity index (χ2v) is 25.0. The number of hydrogen-bond acceptors (Lipinski definition) is 0. The Balaban J connectivity index is 1.22. The fourth-order valence-electron chi connectivity index (χ4n) is 20.8. The van der Waals surface area contributed by atoms with E-state index in [-0.39, 0.29) is 0 Å². The maximum atomic E-state index is 1.65. The molecule has 330 valence electrons. The first kappa shape index (κ1) is 42.0. The van der Waals surface area contributed by atoms with E-state index < -0.39 is 0 Å². The third kappa shape index (κ3) is 8.64. The average molecular weight is 795 g/mol. The molecule has 0 heterocycles. The van der Waals surface area contributed by atoms with E-state index in [2.05, 4.69) is 0 Å². The maximum absolute atomic E-state index is 1.65. The van der Waals surface area contributed by atoms with Crippen LogP contribution in [0.1, 0.15) is 257 Å². The van der Waals surface area contributed by atoms with Crippen molar-refractivity contribution in [2.75, 3.05) is 0 Å². The van der Waals surface area contributed by atoms with Crippen molar-refractivity contribution in [3.63, 3.8) is 0 Å². The van der Waals surface area contributed by atoms with Crippen molar-refractivity contribution < 1.29 is 0 Å². The van der Waals surface area contributed by atoms with Crippen molar-refractivity contribution in [2.24, 2.45) is 107 Å². The monoisotopic (exact) mass is 795 g/mol. The largest absolute Gasteiger partial charge is 0.0533 e. The van der Waals surface area contributed by atoms with E-state index in [0.29, 0.717) is 0 Å². The van der Waals surface area contributed by atoms with Gasteiger partial charge in [0.1, 0.15) is 0 Å². The molecule has 10 aliphatic carbocycles. The Morgan fingerprint density at radius 2 is 0.207 bits per heavy atom. The van der Waals surface area contributed by atoms with Crippen LogP contribution in [0, 0.1) is 107 Å². The summed E-state index contributed by atoms with van der Waals surface area (Å²) in [4.78, 5) is 0.